The molecule has 0 bridgehead atoms. The number of ether oxygens (including phenoxy) is 1. The lowest BCUT2D eigenvalue weighted by molar-refractivity contribution is 0.415. The predicted molar refractivity (Wildman–Crippen MR) is 85.7 cm³/mol. The Morgan fingerprint density at radius 1 is 1.24 bits per heavy atom. The van der Waals surface area contributed by atoms with Crippen LogP contribution in [0.4, 0.5) is 0 Å². The van der Waals surface area contributed by atoms with Crippen molar-refractivity contribution in [3.63, 3.8) is 0 Å². The van der Waals surface area contributed by atoms with Gasteiger partial charge in [0, 0.05) is 24.5 Å². The molecule has 0 radical (unpaired) electrons. The van der Waals surface area contributed by atoms with E-state index >= 15 is 0 Å². The maximum atomic E-state index is 5.18. The average molecular weight is 285 g/mol. The van der Waals surface area contributed by atoms with Gasteiger partial charge in [0.1, 0.15) is 5.75 Å². The van der Waals surface area contributed by atoms with Crippen LogP contribution in [0.25, 0.3) is 0 Å². The van der Waals surface area contributed by atoms with E-state index in [0.717, 1.165) is 22.9 Å². The summed E-state index contributed by atoms with van der Waals surface area (Å²) >= 11 is 0. The van der Waals surface area contributed by atoms with Crippen LogP contribution in [0.2, 0.25) is 0 Å². The van der Waals surface area contributed by atoms with Crippen LogP contribution in [0, 0.1) is 0 Å². The molecular weight excluding hydrogens is 262 g/mol. The number of H-pyrrole nitrogens is 1. The van der Waals surface area contributed by atoms with E-state index in [4.69, 9.17) is 4.74 Å². The quantitative estimate of drug-likeness (QED) is 0.831. The highest BCUT2D eigenvalue weighted by Gasteiger charge is 2.12. The molecule has 4 nitrogen and oxygen atoms in total. The zero-order valence-electron chi connectivity index (χ0n) is 12.6. The van der Waals surface area contributed by atoms with Crippen LogP contribution >= 0.6 is 0 Å². The molecule has 0 spiro atoms. The molecule has 0 saturated heterocycles. The number of allylic oxidation sites excluding steroid dienone is 2. The fraction of sp³-hybridized carbons (Fsp3) is 0.471. The van der Waals surface area contributed by atoms with Gasteiger partial charge >= 0.3 is 0 Å². The monoisotopic (exact) mass is 285 g/mol. The van der Waals surface area contributed by atoms with Crippen molar-refractivity contribution in [2.75, 3.05) is 7.11 Å². The predicted octanol–water partition coefficient (Wildman–Crippen LogP) is 3.54. The normalized spacial score (nSPS) is 21.4. The third-order valence-corrected chi connectivity index (χ3v) is 4.15. The van der Waals surface area contributed by atoms with Gasteiger partial charge in [-0.05, 0) is 25.0 Å². The molecule has 1 aliphatic carbocycles. The number of aromatic nitrogens is 1. The zero-order chi connectivity index (χ0) is 14.5. The van der Waals surface area contributed by atoms with E-state index in [1.54, 1.807) is 7.11 Å². The number of nitrogens with zero attached hydrogens (tertiary/aromatic N) is 1. The molecule has 1 saturated carbocycles. The molecule has 1 fully saturated rings. The average Bonchev–Trinajstić information content (AvgIpc) is 3.09. The number of hydrogen-bond acceptors (Lipinski definition) is 3. The maximum absolute atomic E-state index is 5.18. The lowest BCUT2D eigenvalue weighted by Gasteiger charge is -2.14. The molecule has 2 N–H and O–H groups in total. The van der Waals surface area contributed by atoms with Crippen molar-refractivity contribution in [3.8, 4) is 5.75 Å². The molecular formula is C17H23N3O. The first-order chi connectivity index (χ1) is 10.3. The molecule has 0 amide bonds. The summed E-state index contributed by atoms with van der Waals surface area (Å²) in [6.45, 7) is 0. The first-order valence-corrected chi connectivity index (χ1v) is 7.81. The minimum absolute atomic E-state index is 0.609. The summed E-state index contributed by atoms with van der Waals surface area (Å²) in [5.74, 6) is 0.829. The zero-order valence-corrected chi connectivity index (χ0v) is 12.6. The van der Waals surface area contributed by atoms with Gasteiger partial charge in [0.15, 0.2) is 0 Å². The van der Waals surface area contributed by atoms with E-state index in [2.05, 4.69) is 21.5 Å². The largest absolute Gasteiger partial charge is 0.495 e. The van der Waals surface area contributed by atoms with E-state index in [1.807, 2.05) is 24.4 Å². The summed E-state index contributed by atoms with van der Waals surface area (Å²) in [7, 11) is 1.67. The number of aromatic amines is 1. The SMILES string of the molecule is COc1c[nH]c(C2=NC(=CNC3CCCCCC3)C=C2)c1. The van der Waals surface area contributed by atoms with Gasteiger partial charge in [0.25, 0.3) is 0 Å². The fourth-order valence-electron chi connectivity index (χ4n) is 2.90. The van der Waals surface area contributed by atoms with E-state index < -0.39 is 0 Å². The number of aliphatic imine (C=N–C) groups is 1. The van der Waals surface area contributed by atoms with Gasteiger partial charge in [0.2, 0.25) is 0 Å². The molecule has 2 heterocycles. The second kappa shape index (κ2) is 6.66. The molecule has 2 aliphatic rings. The third-order valence-electron chi connectivity index (χ3n) is 4.15. The Kier molecular flexibility index (Phi) is 4.43. The Bertz CT molecular complexity index is 560. The van der Waals surface area contributed by atoms with Crippen LogP contribution in [0.1, 0.15) is 44.2 Å². The van der Waals surface area contributed by atoms with Crippen LogP contribution in [0.15, 0.2) is 41.3 Å². The Balaban J connectivity index is 1.62. The van der Waals surface area contributed by atoms with Gasteiger partial charge in [-0.25, -0.2) is 4.99 Å². The highest BCUT2D eigenvalue weighted by atomic mass is 16.5. The molecule has 1 aliphatic heterocycles. The highest BCUT2D eigenvalue weighted by Crippen LogP contribution is 2.19. The van der Waals surface area contributed by atoms with Crippen molar-refractivity contribution >= 4 is 5.71 Å². The summed E-state index contributed by atoms with van der Waals surface area (Å²) in [6.07, 6.45) is 16.0. The van der Waals surface area contributed by atoms with E-state index in [9.17, 15) is 0 Å². The van der Waals surface area contributed by atoms with Crippen LogP contribution in [0.5, 0.6) is 5.75 Å². The summed E-state index contributed by atoms with van der Waals surface area (Å²) in [4.78, 5) is 7.81. The molecule has 1 aromatic heterocycles. The fourth-order valence-corrected chi connectivity index (χ4v) is 2.90. The summed E-state index contributed by atoms with van der Waals surface area (Å²) < 4.78 is 5.18. The lowest BCUT2D eigenvalue weighted by Crippen LogP contribution is -2.23. The van der Waals surface area contributed by atoms with Gasteiger partial charge in [-0.15, -0.1) is 0 Å². The van der Waals surface area contributed by atoms with Crippen molar-refractivity contribution in [3.05, 3.63) is 42.0 Å². The first kappa shape index (κ1) is 14.0. The van der Waals surface area contributed by atoms with Crippen LogP contribution in [0.3, 0.4) is 0 Å². The number of hydrogen-bond donors (Lipinski definition) is 2. The van der Waals surface area contributed by atoms with Gasteiger partial charge < -0.3 is 15.0 Å². The van der Waals surface area contributed by atoms with E-state index in [1.165, 1.54) is 38.5 Å². The topological polar surface area (TPSA) is 49.4 Å². The second-order valence-corrected chi connectivity index (χ2v) is 5.71. The summed E-state index contributed by atoms with van der Waals surface area (Å²) in [5.41, 5.74) is 2.93. The van der Waals surface area contributed by atoms with Crippen LogP contribution < -0.4 is 10.1 Å². The first-order valence-electron chi connectivity index (χ1n) is 7.81. The molecule has 1 aromatic rings. The Labute approximate surface area is 126 Å². The molecule has 21 heavy (non-hydrogen) atoms. The standard InChI is InChI=1S/C17H23N3O/c1-21-15-10-17(19-12-15)16-9-8-14(20-16)11-18-13-6-4-2-3-5-7-13/h8-13,18-19H,2-7H2,1H3. The number of nitrogens with one attached hydrogen (secondary N) is 2. The van der Waals surface area contributed by atoms with Crippen molar-refractivity contribution in [1.82, 2.24) is 10.3 Å². The Morgan fingerprint density at radius 2 is 2.05 bits per heavy atom. The maximum Gasteiger partial charge on any atom is 0.136 e. The van der Waals surface area contributed by atoms with Crippen molar-refractivity contribution < 1.29 is 4.74 Å². The van der Waals surface area contributed by atoms with Gasteiger partial charge in [0.05, 0.1) is 24.2 Å². The minimum Gasteiger partial charge on any atom is -0.495 e. The van der Waals surface area contributed by atoms with Crippen molar-refractivity contribution in [2.45, 2.75) is 44.6 Å². The Hall–Kier alpha value is -1.97. The van der Waals surface area contributed by atoms with Gasteiger partial charge in [-0.1, -0.05) is 25.7 Å². The van der Waals surface area contributed by atoms with Crippen LogP contribution in [-0.2, 0) is 0 Å². The molecule has 0 aromatic carbocycles. The highest BCUT2D eigenvalue weighted by molar-refractivity contribution is 6.10. The third kappa shape index (κ3) is 3.57. The Morgan fingerprint density at radius 3 is 2.76 bits per heavy atom. The molecule has 4 heteroatoms. The van der Waals surface area contributed by atoms with E-state index in [-0.39, 0.29) is 0 Å². The summed E-state index contributed by atoms with van der Waals surface area (Å²) in [5, 5.41) is 3.54. The molecule has 0 atom stereocenters. The lowest BCUT2D eigenvalue weighted by atomic mass is 10.1. The van der Waals surface area contributed by atoms with Gasteiger partial charge in [-0.3, -0.25) is 0 Å². The molecule has 112 valence electrons. The van der Waals surface area contributed by atoms with Crippen molar-refractivity contribution in [2.24, 2.45) is 4.99 Å². The number of rotatable bonds is 4. The molecule has 0 unspecified atom stereocenters. The smallest absolute Gasteiger partial charge is 0.136 e. The minimum atomic E-state index is 0.609. The summed E-state index contributed by atoms with van der Waals surface area (Å²) in [6, 6.07) is 2.57. The second-order valence-electron chi connectivity index (χ2n) is 5.71. The van der Waals surface area contributed by atoms with Crippen LogP contribution in [-0.4, -0.2) is 23.8 Å². The van der Waals surface area contributed by atoms with Crippen molar-refractivity contribution in [1.29, 1.82) is 0 Å². The molecule has 3 rings (SSSR count). The van der Waals surface area contributed by atoms with Gasteiger partial charge in [-0.2, -0.15) is 0 Å². The number of methoxy groups -OCH3 is 1. The van der Waals surface area contributed by atoms with E-state index in [0.29, 0.717) is 6.04 Å².